The van der Waals surface area contributed by atoms with Gasteiger partial charge in [0.15, 0.2) is 6.10 Å². The van der Waals surface area contributed by atoms with Crippen LogP contribution in [-0.4, -0.2) is 30.7 Å². The Morgan fingerprint density at radius 2 is 1.96 bits per heavy atom. The van der Waals surface area contributed by atoms with Crippen LogP contribution in [-0.2, 0) is 16.7 Å². The van der Waals surface area contributed by atoms with Crippen molar-refractivity contribution in [2.75, 3.05) is 5.32 Å². The highest BCUT2D eigenvalue weighted by Crippen LogP contribution is 2.36. The summed E-state index contributed by atoms with van der Waals surface area (Å²) in [6.45, 7) is -0.545. The third kappa shape index (κ3) is 5.40. The molecule has 1 aromatic carbocycles. The second-order valence-corrected chi connectivity index (χ2v) is 7.20. The monoisotopic (exact) mass is 428 g/mol. The lowest BCUT2D eigenvalue weighted by molar-refractivity contribution is -0.189. The van der Waals surface area contributed by atoms with Crippen LogP contribution in [0.25, 0.3) is 0 Å². The number of hydrogen-bond acceptors (Lipinski definition) is 6. The average Bonchev–Trinajstić information content (AvgIpc) is 2.54. The Balaban J connectivity index is 2.58. The van der Waals surface area contributed by atoms with Gasteiger partial charge < -0.3 is 10.1 Å². The molecule has 0 aliphatic rings. The van der Waals surface area contributed by atoms with Gasteiger partial charge in [0.1, 0.15) is 29.7 Å². The van der Waals surface area contributed by atoms with E-state index in [0.29, 0.717) is 0 Å². The number of primary sulfonamides is 1. The molecule has 13 heteroatoms. The van der Waals surface area contributed by atoms with Crippen LogP contribution in [0.2, 0.25) is 5.15 Å². The van der Waals surface area contributed by atoms with Gasteiger partial charge in [-0.3, -0.25) is 0 Å². The van der Waals surface area contributed by atoms with Gasteiger partial charge >= 0.3 is 6.18 Å². The summed E-state index contributed by atoms with van der Waals surface area (Å²) in [4.78, 5) is 6.83. The molecule has 2 rings (SSSR count). The van der Waals surface area contributed by atoms with E-state index in [1.807, 2.05) is 0 Å². The number of anilines is 2. The Bertz CT molecular complexity index is 940. The number of benzene rings is 1. The summed E-state index contributed by atoms with van der Waals surface area (Å²) in [5.41, 5.74) is -0.685. The molecule has 27 heavy (non-hydrogen) atoms. The van der Waals surface area contributed by atoms with Crippen LogP contribution in [0, 0.1) is 0 Å². The number of nitrogens with two attached hydrogens (primary N) is 1. The number of sulfonamides is 1. The van der Waals surface area contributed by atoms with Gasteiger partial charge in [0, 0.05) is 11.6 Å². The first-order valence-electron chi connectivity index (χ1n) is 7.15. The van der Waals surface area contributed by atoms with Crippen molar-refractivity contribution in [1.29, 1.82) is 0 Å². The van der Waals surface area contributed by atoms with E-state index < -0.39 is 45.2 Å². The average molecular weight is 429 g/mol. The number of nitrogens with zero attached hydrogens (tertiary/aromatic N) is 2. The van der Waals surface area contributed by atoms with E-state index in [-0.39, 0.29) is 16.7 Å². The molecule has 1 heterocycles. The van der Waals surface area contributed by atoms with Crippen LogP contribution in [0.3, 0.4) is 0 Å². The van der Waals surface area contributed by atoms with E-state index in [1.54, 1.807) is 0 Å². The van der Waals surface area contributed by atoms with E-state index >= 15 is 0 Å². The molecular formula is C14H13ClF4N4O3S. The van der Waals surface area contributed by atoms with Crippen LogP contribution in [0.1, 0.15) is 12.5 Å². The minimum absolute atomic E-state index is 0.0191. The van der Waals surface area contributed by atoms with Crippen molar-refractivity contribution in [2.45, 2.75) is 30.8 Å². The Hall–Kier alpha value is -2.18. The molecule has 1 atom stereocenters. The lowest BCUT2D eigenvalue weighted by Gasteiger charge is -2.21. The molecule has 0 amide bonds. The number of rotatable bonds is 6. The quantitative estimate of drug-likeness (QED) is 0.540. The summed E-state index contributed by atoms with van der Waals surface area (Å²) in [5, 5.41) is 7.63. The minimum Gasteiger partial charge on any atom is -0.479 e. The molecule has 1 aromatic heterocycles. The van der Waals surface area contributed by atoms with Gasteiger partial charge in [-0.05, 0) is 19.1 Å². The third-order valence-electron chi connectivity index (χ3n) is 3.27. The maximum absolute atomic E-state index is 13.2. The molecule has 0 radical (unpaired) electrons. The van der Waals surface area contributed by atoms with Crippen molar-refractivity contribution < 1.29 is 30.7 Å². The van der Waals surface area contributed by atoms with E-state index in [9.17, 15) is 26.0 Å². The largest absolute Gasteiger partial charge is 0.479 e. The highest BCUT2D eigenvalue weighted by molar-refractivity contribution is 7.89. The minimum atomic E-state index is -4.70. The summed E-state index contributed by atoms with van der Waals surface area (Å²) in [5.74, 6) is -0.414. The van der Waals surface area contributed by atoms with Crippen LogP contribution >= 0.6 is 11.6 Å². The van der Waals surface area contributed by atoms with Gasteiger partial charge in [-0.2, -0.15) is 13.2 Å². The van der Waals surface area contributed by atoms with Crippen molar-refractivity contribution in [3.63, 3.8) is 0 Å². The first kappa shape index (κ1) is 21.1. The summed E-state index contributed by atoms with van der Waals surface area (Å²) in [7, 11) is -4.36. The van der Waals surface area contributed by atoms with E-state index in [2.05, 4.69) is 15.3 Å². The summed E-state index contributed by atoms with van der Waals surface area (Å²) >= 11 is 5.71. The molecule has 0 saturated heterocycles. The molecule has 148 valence electrons. The lowest BCUT2D eigenvalue weighted by atomic mass is 10.2. The molecule has 0 spiro atoms. The van der Waals surface area contributed by atoms with Crippen molar-refractivity contribution in [1.82, 2.24) is 9.97 Å². The van der Waals surface area contributed by atoms with Gasteiger partial charge in [0.05, 0.1) is 10.6 Å². The number of ether oxygens (including phenoxy) is 1. The molecule has 0 saturated carbocycles. The number of alkyl halides is 4. The van der Waals surface area contributed by atoms with Crippen molar-refractivity contribution in [3.8, 4) is 5.75 Å². The zero-order valence-electron chi connectivity index (χ0n) is 13.6. The Kier molecular flexibility index (Phi) is 6.12. The number of halogens is 5. The second-order valence-electron chi connectivity index (χ2n) is 5.29. The zero-order chi connectivity index (χ0) is 20.4. The SMILES string of the molecule is CC(Oc1cc(CF)c(S(N)(=O)=O)cc1Nc1cc(Cl)ncn1)C(F)(F)F. The maximum atomic E-state index is 13.2. The zero-order valence-corrected chi connectivity index (χ0v) is 15.2. The van der Waals surface area contributed by atoms with E-state index in [0.717, 1.165) is 25.4 Å². The molecule has 1 unspecified atom stereocenters. The van der Waals surface area contributed by atoms with Gasteiger partial charge in [-0.25, -0.2) is 27.9 Å². The van der Waals surface area contributed by atoms with Gasteiger partial charge in [-0.1, -0.05) is 11.6 Å². The van der Waals surface area contributed by atoms with Crippen molar-refractivity contribution >= 4 is 33.1 Å². The number of hydrogen-bond donors (Lipinski definition) is 2. The van der Waals surface area contributed by atoms with Crippen molar-refractivity contribution in [3.05, 3.63) is 35.2 Å². The predicted molar refractivity (Wildman–Crippen MR) is 89.1 cm³/mol. The van der Waals surface area contributed by atoms with E-state index in [4.69, 9.17) is 21.5 Å². The van der Waals surface area contributed by atoms with Crippen molar-refractivity contribution in [2.24, 2.45) is 5.14 Å². The summed E-state index contributed by atoms with van der Waals surface area (Å²) in [6, 6.07) is 2.92. The first-order valence-corrected chi connectivity index (χ1v) is 9.08. The van der Waals surface area contributed by atoms with E-state index in [1.165, 1.54) is 6.07 Å². The Labute approximate surface area is 156 Å². The molecule has 7 nitrogen and oxygen atoms in total. The third-order valence-corrected chi connectivity index (χ3v) is 4.47. The second kappa shape index (κ2) is 7.82. The van der Waals surface area contributed by atoms with Crippen LogP contribution in [0.4, 0.5) is 29.1 Å². The number of nitrogens with one attached hydrogen (secondary N) is 1. The molecule has 0 bridgehead atoms. The topological polar surface area (TPSA) is 107 Å². The Morgan fingerprint density at radius 3 is 2.48 bits per heavy atom. The van der Waals surface area contributed by atoms with Gasteiger partial charge in [0.2, 0.25) is 10.0 Å². The molecule has 0 aliphatic carbocycles. The van der Waals surface area contributed by atoms with Crippen LogP contribution < -0.4 is 15.2 Å². The normalized spacial score (nSPS) is 13.3. The smallest absolute Gasteiger partial charge is 0.425 e. The fourth-order valence-corrected chi connectivity index (χ4v) is 2.87. The highest BCUT2D eigenvalue weighted by Gasteiger charge is 2.38. The fraction of sp³-hybridized carbons (Fsp3) is 0.286. The maximum Gasteiger partial charge on any atom is 0.425 e. The Morgan fingerprint density at radius 1 is 1.30 bits per heavy atom. The molecular weight excluding hydrogens is 416 g/mol. The first-order chi connectivity index (χ1) is 12.4. The van der Waals surface area contributed by atoms with Gasteiger partial charge in [0.25, 0.3) is 0 Å². The fourth-order valence-electron chi connectivity index (χ4n) is 1.96. The van der Waals surface area contributed by atoms with Crippen LogP contribution in [0.5, 0.6) is 5.75 Å². The van der Waals surface area contributed by atoms with Gasteiger partial charge in [-0.15, -0.1) is 0 Å². The lowest BCUT2D eigenvalue weighted by Crippen LogP contribution is -2.31. The standard InChI is InChI=1S/C14H13ClF4N4O3S/c1-7(14(17,18)19)26-10-2-8(5-16)11(27(20,24)25)3-9(10)23-13-4-12(15)21-6-22-13/h2-4,6-7H,5H2,1H3,(H2,20,24,25)(H,21,22,23). The van der Waals surface area contributed by atoms with Crippen LogP contribution in [0.15, 0.2) is 29.4 Å². The molecule has 0 fully saturated rings. The highest BCUT2D eigenvalue weighted by atomic mass is 35.5. The molecule has 0 aliphatic heterocycles. The summed E-state index contributed by atoms with van der Waals surface area (Å²) in [6.07, 6.45) is -5.89. The number of aromatic nitrogens is 2. The summed E-state index contributed by atoms with van der Waals surface area (Å²) < 4.78 is 79.9. The molecule has 3 N–H and O–H groups in total. The molecule has 2 aromatic rings. The predicted octanol–water partition coefficient (Wildman–Crippen LogP) is 3.32.